The van der Waals surface area contributed by atoms with Gasteiger partial charge >= 0.3 is 0 Å². The second kappa shape index (κ2) is 5.58. The number of hydrogen-bond donors (Lipinski definition) is 1. The number of aldehydes is 1. The Bertz CT molecular complexity index is 505. The van der Waals surface area contributed by atoms with E-state index >= 15 is 0 Å². The molecule has 0 bridgehead atoms. The molecular formula is C11H13NO4S. The molecule has 92 valence electrons. The van der Waals surface area contributed by atoms with E-state index in [2.05, 4.69) is 5.32 Å². The highest BCUT2D eigenvalue weighted by Crippen LogP contribution is 2.10. The molecule has 0 aliphatic carbocycles. The third-order valence-corrected chi connectivity index (χ3v) is 3.30. The maximum absolute atomic E-state index is 11.2. The number of sulfone groups is 1. The van der Waals surface area contributed by atoms with Crippen LogP contribution in [0.25, 0.3) is 0 Å². The normalized spacial score (nSPS) is 10.9. The highest BCUT2D eigenvalue weighted by Gasteiger charge is 2.06. The lowest BCUT2D eigenvalue weighted by molar-refractivity contribution is -0.131. The number of amides is 1. The van der Waals surface area contributed by atoms with Crippen LogP contribution in [0.2, 0.25) is 0 Å². The van der Waals surface area contributed by atoms with Crippen molar-refractivity contribution in [3.63, 3.8) is 0 Å². The van der Waals surface area contributed by atoms with Crippen molar-refractivity contribution in [3.8, 4) is 0 Å². The number of hydrogen-bond acceptors (Lipinski definition) is 4. The summed E-state index contributed by atoms with van der Waals surface area (Å²) in [6.45, 7) is 0.343. The average molecular weight is 255 g/mol. The lowest BCUT2D eigenvalue weighted by Crippen LogP contribution is -2.26. The first kappa shape index (κ1) is 13.4. The summed E-state index contributed by atoms with van der Waals surface area (Å²) >= 11 is 0. The van der Waals surface area contributed by atoms with Crippen molar-refractivity contribution in [2.45, 2.75) is 11.3 Å². The van der Waals surface area contributed by atoms with Crippen molar-refractivity contribution >= 4 is 22.0 Å². The maximum Gasteiger partial charge on any atom is 0.284 e. The second-order valence-corrected chi connectivity index (χ2v) is 5.59. The zero-order chi connectivity index (χ0) is 12.9. The maximum atomic E-state index is 11.2. The van der Waals surface area contributed by atoms with E-state index in [1.807, 2.05) is 0 Å². The van der Waals surface area contributed by atoms with Crippen molar-refractivity contribution in [1.29, 1.82) is 0 Å². The average Bonchev–Trinajstić information content (AvgIpc) is 2.28. The van der Waals surface area contributed by atoms with Crippen LogP contribution in [-0.2, 0) is 25.8 Å². The zero-order valence-electron chi connectivity index (χ0n) is 9.34. The molecule has 1 N–H and O–H groups in total. The van der Waals surface area contributed by atoms with Gasteiger partial charge < -0.3 is 5.32 Å². The predicted molar refractivity (Wildman–Crippen MR) is 62.3 cm³/mol. The van der Waals surface area contributed by atoms with E-state index in [-0.39, 0.29) is 11.2 Å². The molecule has 0 atom stereocenters. The van der Waals surface area contributed by atoms with Crippen LogP contribution in [0.3, 0.4) is 0 Å². The first-order valence-electron chi connectivity index (χ1n) is 4.95. The minimum absolute atomic E-state index is 0.215. The highest BCUT2D eigenvalue weighted by molar-refractivity contribution is 7.90. The molecule has 1 aromatic carbocycles. The van der Waals surface area contributed by atoms with Gasteiger partial charge in [-0.2, -0.15) is 0 Å². The first-order chi connectivity index (χ1) is 7.93. The lowest BCUT2D eigenvalue weighted by Gasteiger charge is -2.03. The van der Waals surface area contributed by atoms with Crippen molar-refractivity contribution in [1.82, 2.24) is 5.32 Å². The van der Waals surface area contributed by atoms with Crippen LogP contribution in [0.15, 0.2) is 29.2 Å². The van der Waals surface area contributed by atoms with E-state index in [0.29, 0.717) is 13.0 Å². The van der Waals surface area contributed by atoms with Gasteiger partial charge in [-0.05, 0) is 24.1 Å². The molecule has 0 aliphatic rings. The summed E-state index contributed by atoms with van der Waals surface area (Å²) in [6.07, 6.45) is 1.91. The van der Waals surface area contributed by atoms with Crippen molar-refractivity contribution < 1.29 is 18.0 Å². The molecule has 0 radical (unpaired) electrons. The minimum Gasteiger partial charge on any atom is -0.349 e. The van der Waals surface area contributed by atoms with E-state index in [4.69, 9.17) is 0 Å². The molecule has 0 saturated carbocycles. The Labute approximate surface area is 99.8 Å². The molecule has 0 aromatic heterocycles. The van der Waals surface area contributed by atoms with Gasteiger partial charge in [-0.1, -0.05) is 12.1 Å². The number of rotatable bonds is 5. The molecule has 0 aliphatic heterocycles. The van der Waals surface area contributed by atoms with Gasteiger partial charge in [0.25, 0.3) is 5.91 Å². The minimum atomic E-state index is -3.17. The third kappa shape index (κ3) is 4.36. The summed E-state index contributed by atoms with van der Waals surface area (Å²) in [4.78, 5) is 20.9. The van der Waals surface area contributed by atoms with Gasteiger partial charge in [0.15, 0.2) is 9.84 Å². The zero-order valence-corrected chi connectivity index (χ0v) is 10.2. The Morgan fingerprint density at radius 2 is 1.88 bits per heavy atom. The van der Waals surface area contributed by atoms with Crippen LogP contribution in [0, 0.1) is 0 Å². The van der Waals surface area contributed by atoms with Crippen LogP contribution in [0.5, 0.6) is 0 Å². The van der Waals surface area contributed by atoms with Crippen LogP contribution in [0.1, 0.15) is 5.56 Å². The van der Waals surface area contributed by atoms with Gasteiger partial charge in [-0.15, -0.1) is 0 Å². The number of carbonyl (C=O) groups is 2. The monoisotopic (exact) mass is 255 g/mol. The van der Waals surface area contributed by atoms with Crippen molar-refractivity contribution in [2.75, 3.05) is 12.8 Å². The molecule has 0 heterocycles. The number of carbonyl (C=O) groups excluding carboxylic acids is 2. The van der Waals surface area contributed by atoms with E-state index < -0.39 is 15.7 Å². The second-order valence-electron chi connectivity index (χ2n) is 3.57. The standard InChI is InChI=1S/C11H13NO4S/c1-17(15,16)10-4-2-9(3-5-10)6-7-12-11(14)8-13/h2-5,8H,6-7H2,1H3,(H,12,14). The topological polar surface area (TPSA) is 80.3 Å². The summed E-state index contributed by atoms with van der Waals surface area (Å²) in [7, 11) is -3.17. The fraction of sp³-hybridized carbons (Fsp3) is 0.273. The molecule has 1 rings (SSSR count). The molecule has 0 spiro atoms. The molecule has 0 fully saturated rings. The van der Waals surface area contributed by atoms with Crippen molar-refractivity contribution in [3.05, 3.63) is 29.8 Å². The Kier molecular flexibility index (Phi) is 4.39. The van der Waals surface area contributed by atoms with Gasteiger partial charge in [0.2, 0.25) is 6.29 Å². The summed E-state index contributed by atoms with van der Waals surface area (Å²) in [5, 5.41) is 2.40. The van der Waals surface area contributed by atoms with Crippen LogP contribution in [0.4, 0.5) is 0 Å². The fourth-order valence-corrected chi connectivity index (χ4v) is 1.91. The molecule has 0 unspecified atom stereocenters. The van der Waals surface area contributed by atoms with E-state index in [9.17, 15) is 18.0 Å². The van der Waals surface area contributed by atoms with Gasteiger partial charge in [-0.25, -0.2) is 8.42 Å². The van der Waals surface area contributed by atoms with Gasteiger partial charge in [0.05, 0.1) is 4.90 Å². The molecule has 0 saturated heterocycles. The molecule has 17 heavy (non-hydrogen) atoms. The third-order valence-electron chi connectivity index (χ3n) is 2.17. The van der Waals surface area contributed by atoms with Gasteiger partial charge in [0.1, 0.15) is 0 Å². The first-order valence-corrected chi connectivity index (χ1v) is 6.84. The summed E-state index contributed by atoms with van der Waals surface area (Å²) in [6, 6.07) is 6.41. The summed E-state index contributed by atoms with van der Waals surface area (Å²) in [5.74, 6) is -0.655. The number of benzene rings is 1. The van der Waals surface area contributed by atoms with Crippen LogP contribution < -0.4 is 5.32 Å². The smallest absolute Gasteiger partial charge is 0.284 e. The quantitative estimate of drug-likeness (QED) is 0.591. The van der Waals surface area contributed by atoms with Gasteiger partial charge in [-0.3, -0.25) is 9.59 Å². The van der Waals surface area contributed by atoms with E-state index in [0.717, 1.165) is 11.8 Å². The molecular weight excluding hydrogens is 242 g/mol. The molecule has 6 heteroatoms. The molecule has 1 amide bonds. The summed E-state index contributed by atoms with van der Waals surface area (Å²) < 4.78 is 22.4. The van der Waals surface area contributed by atoms with E-state index in [1.165, 1.54) is 12.1 Å². The Morgan fingerprint density at radius 1 is 1.29 bits per heavy atom. The fourth-order valence-electron chi connectivity index (χ4n) is 1.28. The lowest BCUT2D eigenvalue weighted by atomic mass is 10.1. The van der Waals surface area contributed by atoms with Crippen molar-refractivity contribution in [2.24, 2.45) is 0 Å². The van der Waals surface area contributed by atoms with Gasteiger partial charge in [0, 0.05) is 12.8 Å². The Hall–Kier alpha value is -1.69. The molecule has 5 nitrogen and oxygen atoms in total. The highest BCUT2D eigenvalue weighted by atomic mass is 32.2. The summed E-state index contributed by atoms with van der Waals surface area (Å²) in [5.41, 5.74) is 0.892. The Morgan fingerprint density at radius 3 is 2.35 bits per heavy atom. The molecule has 1 aromatic rings. The number of nitrogens with one attached hydrogen (secondary N) is 1. The van der Waals surface area contributed by atoms with Crippen LogP contribution in [-0.4, -0.2) is 33.4 Å². The van der Waals surface area contributed by atoms with E-state index in [1.54, 1.807) is 12.1 Å². The Balaban J connectivity index is 2.57. The SMILES string of the molecule is CS(=O)(=O)c1ccc(CCNC(=O)C=O)cc1. The largest absolute Gasteiger partial charge is 0.349 e. The van der Waals surface area contributed by atoms with Crippen LogP contribution >= 0.6 is 0 Å². The predicted octanol–water partition coefficient (Wildman–Crippen LogP) is -0.0523.